The Morgan fingerprint density at radius 3 is 2.38 bits per heavy atom. The Morgan fingerprint density at radius 1 is 1.31 bits per heavy atom. The lowest BCUT2D eigenvalue weighted by Crippen LogP contribution is -2.06. The van der Waals surface area contributed by atoms with Crippen molar-refractivity contribution in [1.29, 1.82) is 0 Å². The second kappa shape index (κ2) is 4.84. The highest BCUT2D eigenvalue weighted by molar-refractivity contribution is 7.93. The van der Waals surface area contributed by atoms with Gasteiger partial charge in [0.1, 0.15) is 0 Å². The summed E-state index contributed by atoms with van der Waals surface area (Å²) in [5.41, 5.74) is 0. The van der Waals surface area contributed by atoms with Gasteiger partial charge in [0, 0.05) is 5.88 Å². The summed E-state index contributed by atoms with van der Waals surface area (Å²) in [4.78, 5) is 0. The van der Waals surface area contributed by atoms with Gasteiger partial charge in [-0.3, -0.25) is 0 Å². The first kappa shape index (κ1) is 13.7. The molecule has 10 heteroatoms. The van der Waals surface area contributed by atoms with Crippen molar-refractivity contribution >= 4 is 32.8 Å². The maximum Gasteiger partial charge on any atom is 0.445 e. The van der Waals surface area contributed by atoms with Crippen molar-refractivity contribution in [2.45, 2.75) is 16.9 Å². The quantitative estimate of drug-likeness (QED) is 0.797. The molecule has 1 aromatic rings. The number of aromatic nitrogens is 2. The molecule has 1 aromatic heterocycles. The molecule has 16 heavy (non-hydrogen) atoms. The molecule has 0 unspecified atom stereocenters. The zero-order chi connectivity index (χ0) is 12.4. The van der Waals surface area contributed by atoms with E-state index in [0.29, 0.717) is 0 Å². The molecule has 0 spiro atoms. The summed E-state index contributed by atoms with van der Waals surface area (Å²) in [6.07, 6.45) is -4.51. The molecule has 0 atom stereocenters. The third kappa shape index (κ3) is 3.29. The smallest absolute Gasteiger partial charge is 0.221 e. The molecule has 0 fully saturated rings. The maximum absolute atomic E-state index is 12.1. The van der Waals surface area contributed by atoms with Crippen LogP contribution in [-0.4, -0.2) is 30.2 Å². The average molecular weight is 295 g/mol. The van der Waals surface area contributed by atoms with Crippen molar-refractivity contribution in [2.75, 3.05) is 11.6 Å². The van der Waals surface area contributed by atoms with E-state index in [2.05, 4.69) is 10.2 Å². The first-order chi connectivity index (χ1) is 7.27. The van der Waals surface area contributed by atoms with Crippen LogP contribution in [0.5, 0.6) is 0 Å². The Balaban J connectivity index is 2.94. The van der Waals surface area contributed by atoms with Crippen LogP contribution in [0.1, 0.15) is 11.4 Å². The summed E-state index contributed by atoms with van der Waals surface area (Å²) in [5, 5.41) is 4.55. The van der Waals surface area contributed by atoms with Crippen molar-refractivity contribution < 1.29 is 21.6 Å². The lowest BCUT2D eigenvalue weighted by atomic mass is 10.6. The minimum absolute atomic E-state index is 0.0189. The van der Waals surface area contributed by atoms with Gasteiger partial charge in [0.2, 0.25) is 19.2 Å². The fraction of sp³-hybridized carbons (Fsp3) is 0.667. The first-order valence-electron chi connectivity index (χ1n) is 3.97. The number of halogens is 4. The monoisotopic (exact) mass is 294 g/mol. The van der Waals surface area contributed by atoms with Crippen LogP contribution in [0.25, 0.3) is 0 Å². The highest BCUT2D eigenvalue weighted by Crippen LogP contribution is 2.32. The van der Waals surface area contributed by atoms with E-state index in [9.17, 15) is 21.6 Å². The number of nitrogens with zero attached hydrogens (tertiary/aromatic N) is 2. The fourth-order valence-corrected chi connectivity index (χ4v) is 3.38. The van der Waals surface area contributed by atoms with Crippen molar-refractivity contribution in [3.8, 4) is 0 Å². The molecule has 0 N–H and O–H groups in total. The fourth-order valence-electron chi connectivity index (χ4n) is 0.782. The molecule has 0 amide bonds. The third-order valence-corrected chi connectivity index (χ3v) is 4.94. The summed E-state index contributed by atoms with van der Waals surface area (Å²) in [5.74, 6) is -0.215. The predicted molar refractivity (Wildman–Crippen MR) is 52.3 cm³/mol. The SMILES string of the molecule is O=S(=O)(CCCCl)c1nnc(C(F)(F)F)s1. The Hall–Kier alpha value is -0.410. The zero-order valence-electron chi connectivity index (χ0n) is 7.66. The summed E-state index contributed by atoms with van der Waals surface area (Å²) < 4.78 is 58.6. The Bertz CT molecular complexity index is 457. The second-order valence-corrected chi connectivity index (χ2v) is 6.37. The van der Waals surface area contributed by atoms with Crippen LogP contribution >= 0.6 is 22.9 Å². The molecule has 0 aliphatic heterocycles. The van der Waals surface area contributed by atoms with Gasteiger partial charge in [0.05, 0.1) is 5.75 Å². The van der Waals surface area contributed by atoms with Gasteiger partial charge in [-0.15, -0.1) is 21.8 Å². The Morgan fingerprint density at radius 2 is 1.94 bits per heavy atom. The average Bonchev–Trinajstić information content (AvgIpc) is 2.63. The number of rotatable bonds is 4. The highest BCUT2D eigenvalue weighted by atomic mass is 35.5. The topological polar surface area (TPSA) is 59.9 Å². The minimum Gasteiger partial charge on any atom is -0.221 e. The van der Waals surface area contributed by atoms with Gasteiger partial charge >= 0.3 is 6.18 Å². The van der Waals surface area contributed by atoms with Crippen LogP contribution in [0.2, 0.25) is 0 Å². The van der Waals surface area contributed by atoms with E-state index in [-0.39, 0.29) is 29.4 Å². The first-order valence-corrected chi connectivity index (χ1v) is 6.97. The number of sulfone groups is 1. The molecule has 0 radical (unpaired) electrons. The highest BCUT2D eigenvalue weighted by Gasteiger charge is 2.37. The molecular formula is C6H6ClF3N2O2S2. The normalized spacial score (nSPS) is 13.0. The summed E-state index contributed by atoms with van der Waals surface area (Å²) in [6, 6.07) is 0. The Kier molecular flexibility index (Phi) is 4.13. The van der Waals surface area contributed by atoms with Gasteiger partial charge in [0.15, 0.2) is 0 Å². The lowest BCUT2D eigenvalue weighted by Gasteiger charge is -1.98. The van der Waals surface area contributed by atoms with E-state index in [1.807, 2.05) is 0 Å². The van der Waals surface area contributed by atoms with Crippen molar-refractivity contribution in [3.63, 3.8) is 0 Å². The standard InChI is InChI=1S/C6H6ClF3N2O2S2/c7-2-1-3-16(13,14)5-12-11-4(15-5)6(8,9)10/h1-3H2. The largest absolute Gasteiger partial charge is 0.445 e. The van der Waals surface area contributed by atoms with Crippen LogP contribution in [0.3, 0.4) is 0 Å². The van der Waals surface area contributed by atoms with Gasteiger partial charge in [-0.2, -0.15) is 13.2 Å². The Labute approximate surface area is 98.4 Å². The third-order valence-electron chi connectivity index (χ3n) is 1.46. The predicted octanol–water partition coefficient (Wildman–Crippen LogP) is 1.96. The zero-order valence-corrected chi connectivity index (χ0v) is 10.0. The molecule has 0 aliphatic carbocycles. The van der Waals surface area contributed by atoms with Crippen molar-refractivity contribution in [3.05, 3.63) is 5.01 Å². The molecule has 1 rings (SSSR count). The van der Waals surface area contributed by atoms with Gasteiger partial charge in [-0.1, -0.05) is 11.3 Å². The molecule has 92 valence electrons. The number of hydrogen-bond acceptors (Lipinski definition) is 5. The molecule has 0 saturated carbocycles. The summed E-state index contributed by atoms with van der Waals surface area (Å²) in [6.45, 7) is 0. The van der Waals surface area contributed by atoms with Crippen LogP contribution in [-0.2, 0) is 16.0 Å². The summed E-state index contributed by atoms with van der Waals surface area (Å²) >= 11 is 5.31. The van der Waals surface area contributed by atoms with Crippen LogP contribution < -0.4 is 0 Å². The van der Waals surface area contributed by atoms with Gasteiger partial charge in [0.25, 0.3) is 0 Å². The van der Waals surface area contributed by atoms with Crippen LogP contribution in [0, 0.1) is 0 Å². The molecule has 4 nitrogen and oxygen atoms in total. The molecule has 0 aromatic carbocycles. The van der Waals surface area contributed by atoms with Gasteiger partial charge < -0.3 is 0 Å². The van der Waals surface area contributed by atoms with E-state index in [1.165, 1.54) is 0 Å². The molecular weight excluding hydrogens is 289 g/mol. The van der Waals surface area contributed by atoms with Gasteiger partial charge in [-0.25, -0.2) is 8.42 Å². The van der Waals surface area contributed by atoms with E-state index >= 15 is 0 Å². The van der Waals surface area contributed by atoms with Crippen LogP contribution in [0.15, 0.2) is 4.34 Å². The molecule has 0 bridgehead atoms. The maximum atomic E-state index is 12.1. The molecule has 1 heterocycles. The van der Waals surface area contributed by atoms with Crippen molar-refractivity contribution in [1.82, 2.24) is 10.2 Å². The van der Waals surface area contributed by atoms with E-state index in [0.717, 1.165) is 0 Å². The van der Waals surface area contributed by atoms with E-state index in [1.54, 1.807) is 0 Å². The molecule has 0 saturated heterocycles. The van der Waals surface area contributed by atoms with E-state index < -0.39 is 25.4 Å². The number of hydrogen-bond donors (Lipinski definition) is 0. The number of alkyl halides is 4. The molecule has 0 aliphatic rings. The van der Waals surface area contributed by atoms with Gasteiger partial charge in [-0.05, 0) is 6.42 Å². The minimum atomic E-state index is -4.67. The lowest BCUT2D eigenvalue weighted by molar-refractivity contribution is -0.138. The van der Waals surface area contributed by atoms with Crippen LogP contribution in [0.4, 0.5) is 13.2 Å². The van der Waals surface area contributed by atoms with E-state index in [4.69, 9.17) is 11.6 Å². The summed E-state index contributed by atoms with van der Waals surface area (Å²) in [7, 11) is -3.80. The van der Waals surface area contributed by atoms with Crippen molar-refractivity contribution in [2.24, 2.45) is 0 Å². The second-order valence-electron chi connectivity index (χ2n) is 2.73.